The first-order chi connectivity index (χ1) is 15.6. The summed E-state index contributed by atoms with van der Waals surface area (Å²) in [6.07, 6.45) is 2.13. The Hall–Kier alpha value is -3.86. The lowest BCUT2D eigenvalue weighted by atomic mass is 10.2. The van der Waals surface area contributed by atoms with Crippen LogP contribution in [0.25, 0.3) is 10.9 Å². The smallest absolute Gasteiger partial charge is 0.267 e. The van der Waals surface area contributed by atoms with Crippen molar-refractivity contribution >= 4 is 46.5 Å². The first-order valence-corrected chi connectivity index (χ1v) is 10.4. The monoisotopic (exact) mass is 456 g/mol. The van der Waals surface area contributed by atoms with Crippen molar-refractivity contribution in [1.29, 1.82) is 0 Å². The van der Waals surface area contributed by atoms with E-state index in [2.05, 4.69) is 21.0 Å². The third-order valence-corrected chi connectivity index (χ3v) is 4.69. The molecule has 0 unspecified atom stereocenters. The van der Waals surface area contributed by atoms with Gasteiger partial charge in [0.2, 0.25) is 17.7 Å². The number of aldehydes is 1. The second-order valence-electron chi connectivity index (χ2n) is 7.54. The van der Waals surface area contributed by atoms with Crippen LogP contribution in [0, 0.1) is 0 Å². The summed E-state index contributed by atoms with van der Waals surface area (Å²) >= 11 is 0. The number of fused-ring (bicyclic) bond motifs is 1. The number of benzene rings is 1. The van der Waals surface area contributed by atoms with Crippen molar-refractivity contribution in [3.05, 3.63) is 36.5 Å². The first-order valence-electron chi connectivity index (χ1n) is 10.4. The van der Waals surface area contributed by atoms with Gasteiger partial charge < -0.3 is 21.2 Å². The van der Waals surface area contributed by atoms with E-state index in [4.69, 9.17) is 5.73 Å². The Morgan fingerprint density at radius 2 is 1.76 bits per heavy atom. The van der Waals surface area contributed by atoms with Crippen LogP contribution in [0.5, 0.6) is 0 Å². The molecule has 2 aromatic rings. The lowest BCUT2D eigenvalue weighted by Gasteiger charge is -2.27. The molecule has 1 aromatic heterocycles. The summed E-state index contributed by atoms with van der Waals surface area (Å²) in [6.45, 7) is 4.39. The van der Waals surface area contributed by atoms with Gasteiger partial charge in [-0.3, -0.25) is 29.6 Å². The van der Waals surface area contributed by atoms with E-state index < -0.39 is 41.8 Å². The van der Waals surface area contributed by atoms with E-state index in [0.29, 0.717) is 17.5 Å². The molecule has 1 aromatic carbocycles. The van der Waals surface area contributed by atoms with E-state index in [-0.39, 0.29) is 12.8 Å². The highest BCUT2D eigenvalue weighted by atomic mass is 16.2. The van der Waals surface area contributed by atoms with E-state index in [1.54, 1.807) is 36.5 Å². The molecule has 1 heterocycles. The van der Waals surface area contributed by atoms with Crippen molar-refractivity contribution in [1.82, 2.24) is 21.0 Å². The molecule has 0 saturated carbocycles. The summed E-state index contributed by atoms with van der Waals surface area (Å²) in [6, 6.07) is 5.73. The molecule has 5 N–H and O–H groups in total. The van der Waals surface area contributed by atoms with Gasteiger partial charge >= 0.3 is 0 Å². The lowest BCUT2D eigenvalue weighted by Crippen LogP contribution is -2.57. The number of carbonyl (C=O) groups excluding carboxylic acids is 5. The summed E-state index contributed by atoms with van der Waals surface area (Å²) in [7, 11) is 0. The molecular weight excluding hydrogens is 428 g/mol. The van der Waals surface area contributed by atoms with Crippen molar-refractivity contribution in [2.45, 2.75) is 51.7 Å². The number of anilines is 1. The number of aromatic nitrogens is 1. The average Bonchev–Trinajstić information content (AvgIpc) is 2.80. The van der Waals surface area contributed by atoms with Gasteiger partial charge in [0, 0.05) is 24.4 Å². The van der Waals surface area contributed by atoms with Crippen LogP contribution in [0.1, 0.15) is 33.6 Å². The number of rotatable bonds is 9. The molecule has 0 fully saturated rings. The lowest BCUT2D eigenvalue weighted by molar-refractivity contribution is -0.132. The quantitative estimate of drug-likeness (QED) is 0.303. The Morgan fingerprint density at radius 3 is 2.42 bits per heavy atom. The second kappa shape index (κ2) is 11.7. The zero-order chi connectivity index (χ0) is 24.5. The topological polar surface area (TPSA) is 164 Å². The number of nitrogens with two attached hydrogens (primary N) is 1. The number of nitrogens with zero attached hydrogens (tertiary/aromatic N) is 2. The normalized spacial score (nSPS) is 13.3. The maximum absolute atomic E-state index is 13.2. The highest BCUT2D eigenvalue weighted by molar-refractivity contribution is 6.02. The van der Waals surface area contributed by atoms with E-state index in [0.717, 1.165) is 10.4 Å². The summed E-state index contributed by atoms with van der Waals surface area (Å²) in [4.78, 5) is 64.4. The van der Waals surface area contributed by atoms with E-state index in [1.807, 2.05) is 0 Å². The number of carbonyl (C=O) groups is 5. The molecule has 0 spiro atoms. The fourth-order valence-corrected chi connectivity index (χ4v) is 2.82. The third kappa shape index (κ3) is 7.07. The number of hydrogen-bond donors (Lipinski definition) is 4. The summed E-state index contributed by atoms with van der Waals surface area (Å²) in [5.74, 6) is -2.28. The molecule has 0 aliphatic rings. The van der Waals surface area contributed by atoms with Gasteiger partial charge in [0.25, 0.3) is 5.91 Å². The fraction of sp³-hybridized carbons (Fsp3) is 0.364. The van der Waals surface area contributed by atoms with Gasteiger partial charge in [0.1, 0.15) is 18.4 Å². The van der Waals surface area contributed by atoms with Crippen LogP contribution >= 0.6 is 0 Å². The van der Waals surface area contributed by atoms with Gasteiger partial charge in [-0.05, 0) is 45.0 Å². The maximum Gasteiger partial charge on any atom is 0.267 e. The number of amides is 4. The fourth-order valence-electron chi connectivity index (χ4n) is 2.82. The Bertz CT molecular complexity index is 1040. The molecule has 11 heteroatoms. The van der Waals surface area contributed by atoms with E-state index >= 15 is 0 Å². The van der Waals surface area contributed by atoms with Crippen molar-refractivity contribution in [2.75, 3.05) is 5.01 Å². The number of hydrazine groups is 1. The van der Waals surface area contributed by atoms with Crippen LogP contribution in [0.15, 0.2) is 36.5 Å². The van der Waals surface area contributed by atoms with Gasteiger partial charge in [-0.2, -0.15) is 0 Å². The molecule has 2 rings (SSSR count). The molecule has 4 amide bonds. The average molecular weight is 457 g/mol. The zero-order valence-electron chi connectivity index (χ0n) is 18.7. The predicted molar refractivity (Wildman–Crippen MR) is 122 cm³/mol. The van der Waals surface area contributed by atoms with E-state index in [1.165, 1.54) is 20.8 Å². The number of nitrogens with one attached hydrogen (secondary N) is 3. The van der Waals surface area contributed by atoms with Crippen LogP contribution in [-0.4, -0.2) is 53.0 Å². The highest BCUT2D eigenvalue weighted by Gasteiger charge is 2.27. The van der Waals surface area contributed by atoms with Gasteiger partial charge in [0.15, 0.2) is 0 Å². The minimum Gasteiger partial charge on any atom is -0.343 e. The van der Waals surface area contributed by atoms with Crippen LogP contribution in [0.3, 0.4) is 0 Å². The molecule has 0 aliphatic carbocycles. The molecular formula is C22H28N6O5. The second-order valence-corrected chi connectivity index (χ2v) is 7.54. The van der Waals surface area contributed by atoms with Crippen LogP contribution in [0.4, 0.5) is 5.69 Å². The van der Waals surface area contributed by atoms with Gasteiger partial charge in [-0.15, -0.1) is 0 Å². The molecule has 0 bridgehead atoms. The largest absolute Gasteiger partial charge is 0.343 e. The Morgan fingerprint density at radius 1 is 1.06 bits per heavy atom. The number of pyridine rings is 1. The van der Waals surface area contributed by atoms with Gasteiger partial charge in [0.05, 0.1) is 17.2 Å². The van der Waals surface area contributed by atoms with E-state index in [9.17, 15) is 24.0 Å². The Kier molecular flexibility index (Phi) is 8.98. The summed E-state index contributed by atoms with van der Waals surface area (Å²) in [5, 5.41) is 6.73. The van der Waals surface area contributed by atoms with Crippen molar-refractivity contribution in [3.63, 3.8) is 0 Å². The molecule has 33 heavy (non-hydrogen) atoms. The van der Waals surface area contributed by atoms with Crippen LogP contribution < -0.4 is 26.8 Å². The third-order valence-electron chi connectivity index (χ3n) is 4.69. The maximum atomic E-state index is 13.2. The summed E-state index contributed by atoms with van der Waals surface area (Å²) < 4.78 is 0. The standard InChI is InChI=1S/C22H28N6O5/c1-13(23)20(31)25-14(2)21(32)26-15(3)22(33)28(27-19(30)7-5-11-29)17-8-9-18-16(12-17)6-4-10-24-18/h4,6,8-15H,5,7,23H2,1-3H3,(H,25,31)(H,26,32)(H,27,30)/t13-,14-,15-/m0/s1. The molecule has 3 atom stereocenters. The first kappa shape index (κ1) is 25.4. The van der Waals surface area contributed by atoms with Crippen molar-refractivity contribution in [2.24, 2.45) is 5.73 Å². The Balaban J connectivity index is 2.22. The molecule has 0 aliphatic heterocycles. The molecule has 176 valence electrons. The molecule has 0 radical (unpaired) electrons. The van der Waals surface area contributed by atoms with Crippen LogP contribution in [0.2, 0.25) is 0 Å². The minimum absolute atomic E-state index is 0.00142. The van der Waals surface area contributed by atoms with Gasteiger partial charge in [-0.1, -0.05) is 6.07 Å². The summed E-state index contributed by atoms with van der Waals surface area (Å²) in [5.41, 5.74) is 9.02. The predicted octanol–water partition coefficient (Wildman–Crippen LogP) is -0.0653. The minimum atomic E-state index is -1.05. The molecule has 0 saturated heterocycles. The SMILES string of the molecule is C[C@H](N)C(=O)N[C@@H](C)C(=O)N[C@@H](C)C(=O)N(NC(=O)CCC=O)c1ccc2ncccc2c1. The number of hydrogen-bond acceptors (Lipinski definition) is 7. The van der Waals surface area contributed by atoms with Crippen molar-refractivity contribution < 1.29 is 24.0 Å². The highest BCUT2D eigenvalue weighted by Crippen LogP contribution is 2.20. The molecule has 11 nitrogen and oxygen atoms in total. The van der Waals surface area contributed by atoms with Crippen molar-refractivity contribution in [3.8, 4) is 0 Å². The Labute approximate surface area is 191 Å². The zero-order valence-corrected chi connectivity index (χ0v) is 18.7. The van der Waals surface area contributed by atoms with Crippen LogP contribution in [-0.2, 0) is 24.0 Å². The van der Waals surface area contributed by atoms with Gasteiger partial charge in [-0.25, -0.2) is 5.01 Å².